The Morgan fingerprint density at radius 2 is 1.52 bits per heavy atom. The quantitative estimate of drug-likeness (QED) is 0.202. The molecular formula is C25H24Cl3N3OS. The van der Waals surface area contributed by atoms with E-state index in [1.807, 2.05) is 86.6 Å². The Labute approximate surface area is 214 Å². The summed E-state index contributed by atoms with van der Waals surface area (Å²) in [5, 5.41) is 8.87. The van der Waals surface area contributed by atoms with Gasteiger partial charge < -0.3 is 16.0 Å². The van der Waals surface area contributed by atoms with Gasteiger partial charge in [-0.25, -0.2) is 0 Å². The van der Waals surface area contributed by atoms with Crippen molar-refractivity contribution < 1.29 is 4.79 Å². The maximum atomic E-state index is 12.7. The van der Waals surface area contributed by atoms with Crippen molar-refractivity contribution in [2.75, 3.05) is 5.32 Å². The number of alkyl halides is 3. The van der Waals surface area contributed by atoms with Crippen molar-refractivity contribution in [1.29, 1.82) is 0 Å². The second-order valence-electron chi connectivity index (χ2n) is 7.68. The van der Waals surface area contributed by atoms with E-state index in [2.05, 4.69) is 16.0 Å². The fraction of sp³-hybridized carbons (Fsp3) is 0.200. The Morgan fingerprint density at radius 3 is 2.12 bits per heavy atom. The first-order chi connectivity index (χ1) is 15.6. The van der Waals surface area contributed by atoms with Crippen LogP contribution in [0.25, 0.3) is 11.1 Å². The van der Waals surface area contributed by atoms with E-state index in [4.69, 9.17) is 47.0 Å². The molecule has 4 nitrogen and oxygen atoms in total. The maximum absolute atomic E-state index is 12.7. The van der Waals surface area contributed by atoms with Gasteiger partial charge in [0.2, 0.25) is 9.70 Å². The second-order valence-corrected chi connectivity index (χ2v) is 10.5. The van der Waals surface area contributed by atoms with E-state index in [0.717, 1.165) is 27.9 Å². The molecule has 8 heteroatoms. The zero-order valence-corrected chi connectivity index (χ0v) is 21.2. The molecule has 0 aromatic heterocycles. The first-order valence-corrected chi connectivity index (χ1v) is 11.8. The molecule has 33 heavy (non-hydrogen) atoms. The average Bonchev–Trinajstić information content (AvgIpc) is 2.76. The average molecular weight is 521 g/mol. The topological polar surface area (TPSA) is 53.2 Å². The van der Waals surface area contributed by atoms with Crippen molar-refractivity contribution in [1.82, 2.24) is 10.6 Å². The second kappa shape index (κ2) is 11.2. The highest BCUT2D eigenvalue weighted by Gasteiger charge is 2.34. The van der Waals surface area contributed by atoms with Gasteiger partial charge in [0.25, 0.3) is 0 Å². The Kier molecular flexibility index (Phi) is 8.60. The Hall–Kier alpha value is -2.31. The molecule has 0 radical (unpaired) electrons. The lowest BCUT2D eigenvalue weighted by Crippen LogP contribution is -2.56. The molecule has 0 bridgehead atoms. The predicted molar refractivity (Wildman–Crippen MR) is 143 cm³/mol. The number of carbonyl (C=O) groups is 1. The molecule has 0 spiro atoms. The van der Waals surface area contributed by atoms with Crippen molar-refractivity contribution in [2.24, 2.45) is 0 Å². The monoisotopic (exact) mass is 519 g/mol. The number of amides is 1. The summed E-state index contributed by atoms with van der Waals surface area (Å²) >= 11 is 23.6. The molecular weight excluding hydrogens is 497 g/mol. The normalized spacial score (nSPS) is 12.0. The Morgan fingerprint density at radius 1 is 0.879 bits per heavy atom. The molecule has 1 amide bonds. The highest BCUT2D eigenvalue weighted by Crippen LogP contribution is 2.29. The number of carbonyl (C=O) groups excluding carboxylic acids is 1. The van der Waals surface area contributed by atoms with Crippen LogP contribution in [0.3, 0.4) is 0 Å². The first-order valence-electron chi connectivity index (χ1n) is 10.3. The highest BCUT2D eigenvalue weighted by atomic mass is 35.6. The number of anilines is 1. The van der Waals surface area contributed by atoms with Crippen molar-refractivity contribution in [2.45, 2.75) is 30.2 Å². The minimum atomic E-state index is -1.82. The molecule has 0 saturated heterocycles. The number of nitrogens with one attached hydrogen (secondary N) is 3. The van der Waals surface area contributed by atoms with Crippen LogP contribution in [0, 0.1) is 13.8 Å². The number of halogens is 3. The minimum Gasteiger partial charge on any atom is -0.339 e. The van der Waals surface area contributed by atoms with E-state index >= 15 is 0 Å². The number of hydrogen-bond acceptors (Lipinski definition) is 2. The van der Waals surface area contributed by atoms with Gasteiger partial charge in [0.05, 0.1) is 6.42 Å². The molecule has 3 aromatic carbocycles. The van der Waals surface area contributed by atoms with Crippen LogP contribution in [0.1, 0.15) is 16.7 Å². The van der Waals surface area contributed by atoms with Crippen molar-refractivity contribution >= 4 is 63.7 Å². The number of rotatable bonds is 6. The van der Waals surface area contributed by atoms with Crippen molar-refractivity contribution in [3.8, 4) is 11.1 Å². The largest absolute Gasteiger partial charge is 0.339 e. The van der Waals surface area contributed by atoms with Crippen LogP contribution in [-0.4, -0.2) is 21.0 Å². The van der Waals surface area contributed by atoms with Gasteiger partial charge in [-0.3, -0.25) is 4.79 Å². The fourth-order valence-electron chi connectivity index (χ4n) is 3.16. The molecule has 0 aliphatic rings. The lowest BCUT2D eigenvalue weighted by molar-refractivity contribution is -0.121. The summed E-state index contributed by atoms with van der Waals surface area (Å²) in [6, 6.07) is 23.6. The lowest BCUT2D eigenvalue weighted by atomic mass is 10.0. The van der Waals surface area contributed by atoms with E-state index in [1.165, 1.54) is 5.56 Å². The summed E-state index contributed by atoms with van der Waals surface area (Å²) in [5.74, 6) is -0.305. The number of hydrogen-bond donors (Lipinski definition) is 3. The Bertz CT molecular complexity index is 1120. The van der Waals surface area contributed by atoms with Gasteiger partial charge in [-0.05, 0) is 66.0 Å². The summed E-state index contributed by atoms with van der Waals surface area (Å²) < 4.78 is -1.82. The molecule has 0 heterocycles. The molecule has 3 rings (SSSR count). The molecule has 0 saturated carbocycles. The third-order valence-corrected chi connectivity index (χ3v) is 5.97. The van der Waals surface area contributed by atoms with Crippen LogP contribution in [0.4, 0.5) is 5.69 Å². The molecule has 3 N–H and O–H groups in total. The minimum absolute atomic E-state index is 0.130. The van der Waals surface area contributed by atoms with E-state index < -0.39 is 9.96 Å². The molecule has 0 aliphatic carbocycles. The summed E-state index contributed by atoms with van der Waals surface area (Å²) in [7, 11) is 0. The lowest BCUT2D eigenvalue weighted by Gasteiger charge is -2.28. The molecule has 1 unspecified atom stereocenters. The summed E-state index contributed by atoms with van der Waals surface area (Å²) in [4.78, 5) is 12.7. The van der Waals surface area contributed by atoms with Crippen LogP contribution in [0.15, 0.2) is 72.8 Å². The molecule has 3 aromatic rings. The number of aryl methyl sites for hydroxylation is 2. The van der Waals surface area contributed by atoms with Gasteiger partial charge >= 0.3 is 0 Å². The molecule has 172 valence electrons. The summed E-state index contributed by atoms with van der Waals surface area (Å²) in [6.45, 7) is 4.03. The summed E-state index contributed by atoms with van der Waals surface area (Å²) in [5.41, 5.74) is 6.10. The van der Waals surface area contributed by atoms with Gasteiger partial charge in [-0.15, -0.1) is 0 Å². The smallest absolute Gasteiger partial charge is 0.228 e. The van der Waals surface area contributed by atoms with Crippen LogP contribution in [-0.2, 0) is 11.2 Å². The summed E-state index contributed by atoms with van der Waals surface area (Å²) in [6.07, 6.45) is -0.893. The number of benzene rings is 3. The van der Waals surface area contributed by atoms with E-state index in [0.29, 0.717) is 0 Å². The molecule has 0 aliphatic heterocycles. The van der Waals surface area contributed by atoms with Crippen molar-refractivity contribution in [3.63, 3.8) is 0 Å². The number of thiocarbonyl (C=S) groups is 1. The van der Waals surface area contributed by atoms with E-state index in [1.54, 1.807) is 0 Å². The third kappa shape index (κ3) is 7.61. The van der Waals surface area contributed by atoms with Gasteiger partial charge in [0, 0.05) is 5.69 Å². The van der Waals surface area contributed by atoms with Crippen LogP contribution in [0.2, 0.25) is 0 Å². The van der Waals surface area contributed by atoms with Crippen molar-refractivity contribution in [3.05, 3.63) is 89.5 Å². The zero-order valence-electron chi connectivity index (χ0n) is 18.2. The van der Waals surface area contributed by atoms with E-state index in [-0.39, 0.29) is 17.4 Å². The third-order valence-electron chi connectivity index (χ3n) is 5.10. The SMILES string of the molecule is Cc1ccc(NC(=S)NC(NC(=O)Cc2ccc(-c3ccccc3)cc2)C(Cl)(Cl)Cl)cc1C. The maximum Gasteiger partial charge on any atom is 0.228 e. The van der Waals surface area contributed by atoms with Gasteiger partial charge in [-0.2, -0.15) is 0 Å². The van der Waals surface area contributed by atoms with Crippen LogP contribution < -0.4 is 16.0 Å². The standard InChI is InChI=1S/C25H24Cl3N3OS/c1-16-8-13-21(14-17(16)2)29-24(33)31-23(25(26,27)28)30-22(32)15-18-9-11-20(12-10-18)19-6-4-3-5-7-19/h3-14,23H,15H2,1-2H3,(H,30,32)(H2,29,31,33). The molecule has 1 atom stereocenters. The fourth-order valence-corrected chi connectivity index (χ4v) is 3.72. The van der Waals surface area contributed by atoms with Crippen LogP contribution in [0.5, 0.6) is 0 Å². The van der Waals surface area contributed by atoms with Gasteiger partial charge in [0.15, 0.2) is 5.11 Å². The van der Waals surface area contributed by atoms with Crippen LogP contribution >= 0.6 is 47.0 Å². The molecule has 0 fully saturated rings. The predicted octanol–water partition coefficient (Wildman–Crippen LogP) is 6.31. The van der Waals surface area contributed by atoms with Gasteiger partial charge in [0.1, 0.15) is 6.17 Å². The van der Waals surface area contributed by atoms with E-state index in [9.17, 15) is 4.79 Å². The van der Waals surface area contributed by atoms with Gasteiger partial charge in [-0.1, -0.05) is 95.5 Å². The zero-order chi connectivity index (χ0) is 24.0. The Balaban J connectivity index is 1.60. The first kappa shape index (κ1) is 25.3. The highest BCUT2D eigenvalue weighted by molar-refractivity contribution is 7.80.